The molecule has 0 unspecified atom stereocenters. The Labute approximate surface area is 123 Å². The molecule has 3 heteroatoms. The molecule has 3 nitrogen and oxygen atoms in total. The zero-order valence-corrected chi connectivity index (χ0v) is 12.2. The maximum Gasteiger partial charge on any atom is 0.294 e. The van der Waals surface area contributed by atoms with Gasteiger partial charge in [-0.15, -0.1) is 0 Å². The first kappa shape index (κ1) is 12.2. The van der Waals surface area contributed by atoms with Crippen LogP contribution in [0.4, 0.5) is 0 Å². The van der Waals surface area contributed by atoms with Crippen molar-refractivity contribution in [1.29, 1.82) is 0 Å². The second-order valence-electron chi connectivity index (χ2n) is 5.39. The third-order valence-electron chi connectivity index (χ3n) is 4.10. The van der Waals surface area contributed by atoms with Gasteiger partial charge in [0.2, 0.25) is 5.52 Å². The molecule has 2 heterocycles. The van der Waals surface area contributed by atoms with E-state index in [1.807, 2.05) is 6.07 Å². The molecule has 21 heavy (non-hydrogen) atoms. The fourth-order valence-electron chi connectivity index (χ4n) is 3.09. The van der Waals surface area contributed by atoms with Crippen molar-refractivity contribution in [3.05, 3.63) is 54.1 Å². The van der Waals surface area contributed by atoms with Gasteiger partial charge in [-0.25, -0.2) is 4.57 Å². The second kappa shape index (κ2) is 4.48. The Morgan fingerprint density at radius 3 is 2.81 bits per heavy atom. The summed E-state index contributed by atoms with van der Waals surface area (Å²) in [4.78, 5) is 0. The van der Waals surface area contributed by atoms with Gasteiger partial charge in [0.1, 0.15) is 6.61 Å². The molecular formula is C18H17N2O+. The summed E-state index contributed by atoms with van der Waals surface area (Å²) in [5, 5.41) is 0. The highest BCUT2D eigenvalue weighted by Gasteiger charge is 2.27. The minimum Gasteiger partial charge on any atom is -0.485 e. The van der Waals surface area contributed by atoms with Crippen molar-refractivity contribution >= 4 is 17.2 Å². The smallest absolute Gasteiger partial charge is 0.294 e. The highest BCUT2D eigenvalue weighted by molar-refractivity contribution is 5.83. The third-order valence-corrected chi connectivity index (χ3v) is 4.10. The fraction of sp³-hybridized carbons (Fsp3) is 0.167. The predicted octanol–water partition coefficient (Wildman–Crippen LogP) is 3.30. The van der Waals surface area contributed by atoms with Crippen molar-refractivity contribution in [2.75, 3.05) is 6.61 Å². The summed E-state index contributed by atoms with van der Waals surface area (Å²) >= 11 is 0. The fourth-order valence-corrected chi connectivity index (χ4v) is 3.09. The average Bonchev–Trinajstić information content (AvgIpc) is 2.66. The third kappa shape index (κ3) is 1.70. The molecule has 3 aromatic rings. The molecular weight excluding hydrogens is 260 g/mol. The Hall–Kier alpha value is -2.55. The van der Waals surface area contributed by atoms with E-state index in [9.17, 15) is 0 Å². The Bertz CT molecular complexity index is 874. The van der Waals surface area contributed by atoms with Crippen LogP contribution in [-0.2, 0) is 7.05 Å². The first-order valence-corrected chi connectivity index (χ1v) is 7.16. The molecule has 0 aliphatic carbocycles. The summed E-state index contributed by atoms with van der Waals surface area (Å²) in [5.74, 6) is 2.12. The van der Waals surface area contributed by atoms with E-state index in [1.54, 1.807) is 0 Å². The first-order valence-electron chi connectivity index (χ1n) is 7.16. The molecule has 4 rings (SSSR count). The minimum absolute atomic E-state index is 0.609. The van der Waals surface area contributed by atoms with Gasteiger partial charge in [-0.05, 0) is 36.8 Å². The number of hydrogen-bond acceptors (Lipinski definition) is 1. The van der Waals surface area contributed by atoms with Gasteiger partial charge in [0, 0.05) is 0 Å². The number of rotatable bonds is 1. The summed E-state index contributed by atoms with van der Waals surface area (Å²) in [7, 11) is 2.11. The van der Waals surface area contributed by atoms with E-state index in [1.165, 1.54) is 22.5 Å². The number of ether oxygens (including phenoxy) is 1. The number of nitrogens with zero attached hydrogens (tertiary/aromatic N) is 2. The molecule has 1 aromatic heterocycles. The van der Waals surface area contributed by atoms with E-state index in [0.717, 1.165) is 11.3 Å². The lowest BCUT2D eigenvalue weighted by molar-refractivity contribution is -0.527. The second-order valence-corrected chi connectivity index (χ2v) is 5.39. The van der Waals surface area contributed by atoms with Crippen molar-refractivity contribution < 1.29 is 9.30 Å². The topological polar surface area (TPSA) is 18.0 Å². The van der Waals surface area contributed by atoms with Crippen LogP contribution < -0.4 is 9.30 Å². The van der Waals surface area contributed by atoms with Gasteiger partial charge >= 0.3 is 0 Å². The van der Waals surface area contributed by atoms with E-state index in [4.69, 9.17) is 4.74 Å². The highest BCUT2D eigenvalue weighted by Crippen LogP contribution is 2.30. The van der Waals surface area contributed by atoms with Gasteiger partial charge in [-0.1, -0.05) is 24.3 Å². The van der Waals surface area contributed by atoms with E-state index in [-0.39, 0.29) is 0 Å². The Morgan fingerprint density at radius 2 is 1.95 bits per heavy atom. The van der Waals surface area contributed by atoms with Crippen LogP contribution in [0.1, 0.15) is 5.56 Å². The SMILES string of the molecule is Cc1ccccc1-c1n(C)c2cccc3c2[n+]1C=CCO3. The van der Waals surface area contributed by atoms with Crippen molar-refractivity contribution in [2.24, 2.45) is 7.05 Å². The molecule has 1 aliphatic rings. The van der Waals surface area contributed by atoms with Crippen LogP contribution in [0, 0.1) is 6.92 Å². The van der Waals surface area contributed by atoms with Crippen LogP contribution in [0.15, 0.2) is 48.5 Å². The molecule has 0 atom stereocenters. The van der Waals surface area contributed by atoms with E-state index >= 15 is 0 Å². The van der Waals surface area contributed by atoms with Crippen molar-refractivity contribution in [1.82, 2.24) is 4.57 Å². The molecule has 0 N–H and O–H groups in total. The number of hydrogen-bond donors (Lipinski definition) is 0. The van der Waals surface area contributed by atoms with E-state index in [0.29, 0.717) is 6.61 Å². The Balaban J connectivity index is 2.17. The normalized spacial score (nSPS) is 13.2. The molecule has 0 fully saturated rings. The lowest BCUT2D eigenvalue weighted by Gasteiger charge is -2.02. The summed E-state index contributed by atoms with van der Waals surface area (Å²) < 4.78 is 10.3. The summed E-state index contributed by atoms with van der Waals surface area (Å²) in [6.07, 6.45) is 4.17. The molecule has 2 aromatic carbocycles. The van der Waals surface area contributed by atoms with Gasteiger partial charge in [-0.3, -0.25) is 0 Å². The van der Waals surface area contributed by atoms with E-state index < -0.39 is 0 Å². The zero-order chi connectivity index (χ0) is 14.4. The van der Waals surface area contributed by atoms with Gasteiger partial charge in [0.25, 0.3) is 5.82 Å². The van der Waals surface area contributed by atoms with Gasteiger partial charge < -0.3 is 4.74 Å². The summed E-state index contributed by atoms with van der Waals surface area (Å²) in [6, 6.07) is 14.7. The Morgan fingerprint density at radius 1 is 1.10 bits per heavy atom. The summed E-state index contributed by atoms with van der Waals surface area (Å²) in [6.45, 7) is 2.76. The first-order chi connectivity index (χ1) is 10.3. The van der Waals surface area contributed by atoms with Crippen LogP contribution in [0.2, 0.25) is 0 Å². The number of aromatic nitrogens is 2. The Kier molecular flexibility index (Phi) is 2.61. The number of imidazole rings is 1. The largest absolute Gasteiger partial charge is 0.485 e. The van der Waals surface area contributed by atoms with Gasteiger partial charge in [0.15, 0.2) is 11.3 Å². The summed E-state index contributed by atoms with van der Waals surface area (Å²) in [5.41, 5.74) is 4.82. The lowest BCUT2D eigenvalue weighted by Crippen LogP contribution is -2.28. The number of para-hydroxylation sites is 1. The minimum atomic E-state index is 0.609. The molecule has 0 amide bonds. The average molecular weight is 277 g/mol. The zero-order valence-electron chi connectivity index (χ0n) is 12.2. The predicted molar refractivity (Wildman–Crippen MR) is 84.1 cm³/mol. The van der Waals surface area contributed by atoms with E-state index in [2.05, 4.69) is 71.8 Å². The van der Waals surface area contributed by atoms with Crippen LogP contribution in [0.3, 0.4) is 0 Å². The molecule has 0 bridgehead atoms. The molecule has 1 aliphatic heterocycles. The van der Waals surface area contributed by atoms with Crippen LogP contribution in [0.5, 0.6) is 5.75 Å². The molecule has 104 valence electrons. The van der Waals surface area contributed by atoms with Gasteiger partial charge in [0.05, 0.1) is 18.8 Å². The molecule has 0 saturated heterocycles. The molecule has 0 radical (unpaired) electrons. The van der Waals surface area contributed by atoms with Crippen LogP contribution in [-0.4, -0.2) is 11.2 Å². The van der Waals surface area contributed by atoms with Gasteiger partial charge in [-0.2, -0.15) is 4.57 Å². The lowest BCUT2D eigenvalue weighted by atomic mass is 10.1. The van der Waals surface area contributed by atoms with Crippen LogP contribution in [0.25, 0.3) is 28.6 Å². The highest BCUT2D eigenvalue weighted by atomic mass is 16.5. The standard InChI is InChI=1S/C18H17N2O/c1-13-7-3-4-8-14(13)18-19(2)15-9-5-10-16-17(15)20(18)11-6-12-21-16/h3-11H,12H2,1-2H3/q+1. The number of benzene rings is 2. The van der Waals surface area contributed by atoms with Crippen molar-refractivity contribution in [3.63, 3.8) is 0 Å². The van der Waals surface area contributed by atoms with Crippen molar-refractivity contribution in [2.45, 2.75) is 6.92 Å². The quantitative estimate of drug-likeness (QED) is 0.624. The van der Waals surface area contributed by atoms with Crippen LogP contribution >= 0.6 is 0 Å². The molecule has 0 saturated carbocycles. The monoisotopic (exact) mass is 277 g/mol. The van der Waals surface area contributed by atoms with Crippen molar-refractivity contribution in [3.8, 4) is 17.1 Å². The number of aryl methyl sites for hydroxylation is 2. The maximum absolute atomic E-state index is 5.83. The maximum atomic E-state index is 5.83. The molecule has 0 spiro atoms.